The van der Waals surface area contributed by atoms with Crippen LogP contribution in [0.15, 0.2) is 173 Å². The van der Waals surface area contributed by atoms with Gasteiger partial charge in [0.2, 0.25) is 0 Å². The third-order valence-electron chi connectivity index (χ3n) is 12.6. The zero-order valence-corrected chi connectivity index (χ0v) is 33.5. The van der Waals surface area contributed by atoms with Gasteiger partial charge in [-0.25, -0.2) is 15.0 Å². The molecule has 282 valence electrons. The number of hydrogen-bond acceptors (Lipinski definition) is 6. The van der Waals surface area contributed by atoms with Crippen molar-refractivity contribution >= 4 is 75.4 Å². The van der Waals surface area contributed by atoms with Crippen LogP contribution in [0.2, 0.25) is 0 Å². The fourth-order valence-electron chi connectivity index (χ4n) is 9.80. The lowest BCUT2D eigenvalue weighted by atomic mass is 9.82. The molecule has 0 amide bonds. The molecular formula is C54H33N3O2S. The molecule has 13 rings (SSSR count). The summed E-state index contributed by atoms with van der Waals surface area (Å²) in [6.07, 6.45) is 0. The Balaban J connectivity index is 1.07. The minimum Gasteiger partial charge on any atom is -0.456 e. The van der Waals surface area contributed by atoms with E-state index < -0.39 is 0 Å². The van der Waals surface area contributed by atoms with Crippen LogP contribution in [-0.2, 0) is 5.41 Å². The highest BCUT2D eigenvalue weighted by atomic mass is 32.1. The Kier molecular flexibility index (Phi) is 6.88. The molecule has 0 bridgehead atoms. The summed E-state index contributed by atoms with van der Waals surface area (Å²) in [5.41, 5.74) is 13.3. The summed E-state index contributed by atoms with van der Waals surface area (Å²) in [5, 5.41) is 6.37. The Morgan fingerprint density at radius 3 is 1.88 bits per heavy atom. The third-order valence-corrected chi connectivity index (χ3v) is 13.7. The first-order valence-corrected chi connectivity index (χ1v) is 21.1. The fraction of sp³-hybridized carbons (Fsp3) is 0.0556. The van der Waals surface area contributed by atoms with Gasteiger partial charge in [-0.15, -0.1) is 11.3 Å². The summed E-state index contributed by atoms with van der Waals surface area (Å²) < 4.78 is 15.6. The maximum atomic E-state index is 6.62. The molecule has 0 atom stereocenters. The topological polar surface area (TPSA) is 65.0 Å². The van der Waals surface area contributed by atoms with Gasteiger partial charge in [0.15, 0.2) is 17.5 Å². The van der Waals surface area contributed by atoms with Gasteiger partial charge in [0.05, 0.1) is 5.56 Å². The summed E-state index contributed by atoms with van der Waals surface area (Å²) in [6, 6.07) is 57.6. The monoisotopic (exact) mass is 787 g/mol. The Morgan fingerprint density at radius 2 is 1.00 bits per heavy atom. The highest BCUT2D eigenvalue weighted by Gasteiger charge is 2.36. The maximum absolute atomic E-state index is 6.62. The van der Waals surface area contributed by atoms with E-state index in [0.29, 0.717) is 17.5 Å². The van der Waals surface area contributed by atoms with Crippen LogP contribution >= 0.6 is 11.3 Å². The normalized spacial score (nSPS) is 13.3. The van der Waals surface area contributed by atoms with E-state index in [1.165, 1.54) is 42.6 Å². The second kappa shape index (κ2) is 12.3. The molecule has 4 heterocycles. The molecule has 6 heteroatoms. The van der Waals surface area contributed by atoms with E-state index in [1.807, 2.05) is 36.4 Å². The average molecular weight is 788 g/mol. The first kappa shape index (κ1) is 33.6. The van der Waals surface area contributed by atoms with Crippen LogP contribution in [0, 0.1) is 0 Å². The van der Waals surface area contributed by atoms with Crippen LogP contribution in [0.1, 0.15) is 25.0 Å². The number of rotatable bonds is 4. The smallest absolute Gasteiger partial charge is 0.167 e. The SMILES string of the molecule is CC1(C)c2ccccc2-c2c(-c3ccc4oc5cccc(-c6nc(-c7cccc8c7oc7ccccc78)nc(-c7cccc8sc9ccccc9c78)n6)c5c4c3)cccc21. The van der Waals surface area contributed by atoms with Crippen LogP contribution in [-0.4, -0.2) is 15.0 Å². The summed E-state index contributed by atoms with van der Waals surface area (Å²) in [5.74, 6) is 1.71. The molecular weight excluding hydrogens is 755 g/mol. The maximum Gasteiger partial charge on any atom is 0.167 e. The lowest BCUT2D eigenvalue weighted by Crippen LogP contribution is -2.14. The van der Waals surface area contributed by atoms with E-state index >= 15 is 0 Å². The summed E-state index contributed by atoms with van der Waals surface area (Å²) in [4.78, 5) is 16.0. The third kappa shape index (κ3) is 4.71. The molecule has 0 aliphatic heterocycles. The van der Waals surface area contributed by atoms with Crippen molar-refractivity contribution in [3.05, 3.63) is 175 Å². The number of hydrogen-bond donors (Lipinski definition) is 0. The fourth-order valence-corrected chi connectivity index (χ4v) is 10.9. The summed E-state index contributed by atoms with van der Waals surface area (Å²) >= 11 is 1.78. The van der Waals surface area contributed by atoms with E-state index in [2.05, 4.69) is 141 Å². The number of furan rings is 2. The zero-order chi connectivity index (χ0) is 39.7. The largest absolute Gasteiger partial charge is 0.456 e. The number of fused-ring (bicyclic) bond motifs is 12. The van der Waals surface area contributed by atoms with Crippen molar-refractivity contribution in [2.75, 3.05) is 0 Å². The molecule has 0 saturated heterocycles. The van der Waals surface area contributed by atoms with Crippen molar-refractivity contribution in [3.8, 4) is 56.4 Å². The summed E-state index contributed by atoms with van der Waals surface area (Å²) in [7, 11) is 0. The molecule has 1 aliphatic rings. The Hall–Kier alpha value is -7.41. The van der Waals surface area contributed by atoms with Gasteiger partial charge >= 0.3 is 0 Å². The van der Waals surface area contributed by atoms with Gasteiger partial charge in [-0.3, -0.25) is 0 Å². The highest BCUT2D eigenvalue weighted by molar-refractivity contribution is 7.25. The van der Waals surface area contributed by atoms with Gasteiger partial charge in [0, 0.05) is 58.3 Å². The van der Waals surface area contributed by atoms with Gasteiger partial charge in [-0.05, 0) is 75.8 Å². The molecule has 0 fully saturated rings. The molecule has 0 radical (unpaired) electrons. The highest BCUT2D eigenvalue weighted by Crippen LogP contribution is 2.52. The predicted octanol–water partition coefficient (Wildman–Crippen LogP) is 15.0. The van der Waals surface area contributed by atoms with E-state index in [0.717, 1.165) is 71.5 Å². The first-order chi connectivity index (χ1) is 29.5. The number of benzene rings is 8. The number of thiophene rings is 1. The standard InChI is InChI=1S/C54H33N3O2S/c1-54(2)40-21-6-3-14-34(40)47-31(16-10-22-41(47)54)30-27-28-43-39(29-30)48-36(18-11-24-44(48)58-43)51-55-52(37-19-12-26-46-49(37)35-15-5-8-25-45(35)60-46)57-53(56-51)38-20-9-17-33-32-13-4-7-23-42(32)59-50(33)38/h3-29H,1-2H3. The van der Waals surface area contributed by atoms with Crippen molar-refractivity contribution in [3.63, 3.8) is 0 Å². The van der Waals surface area contributed by atoms with Crippen molar-refractivity contribution in [2.24, 2.45) is 0 Å². The molecule has 4 aromatic heterocycles. The van der Waals surface area contributed by atoms with E-state index in [9.17, 15) is 0 Å². The summed E-state index contributed by atoms with van der Waals surface area (Å²) in [6.45, 7) is 4.65. The first-order valence-electron chi connectivity index (χ1n) is 20.3. The molecule has 12 aromatic rings. The van der Waals surface area contributed by atoms with Gasteiger partial charge in [0.1, 0.15) is 22.3 Å². The number of aromatic nitrogens is 3. The van der Waals surface area contributed by atoms with E-state index in [1.54, 1.807) is 11.3 Å². The van der Waals surface area contributed by atoms with Gasteiger partial charge < -0.3 is 8.83 Å². The molecule has 5 nitrogen and oxygen atoms in total. The second-order valence-corrected chi connectivity index (χ2v) is 17.3. The molecule has 1 aliphatic carbocycles. The van der Waals surface area contributed by atoms with Crippen molar-refractivity contribution in [1.82, 2.24) is 15.0 Å². The van der Waals surface area contributed by atoms with Gasteiger partial charge in [0.25, 0.3) is 0 Å². The van der Waals surface area contributed by atoms with E-state index in [4.69, 9.17) is 23.8 Å². The Labute approximate surface area is 348 Å². The Morgan fingerprint density at radius 1 is 0.417 bits per heavy atom. The van der Waals surface area contributed by atoms with Crippen molar-refractivity contribution in [1.29, 1.82) is 0 Å². The van der Waals surface area contributed by atoms with Crippen LogP contribution in [0.4, 0.5) is 0 Å². The molecule has 60 heavy (non-hydrogen) atoms. The molecule has 8 aromatic carbocycles. The zero-order valence-electron chi connectivity index (χ0n) is 32.7. The van der Waals surface area contributed by atoms with E-state index in [-0.39, 0.29) is 5.41 Å². The van der Waals surface area contributed by atoms with Gasteiger partial charge in [-0.1, -0.05) is 135 Å². The quantitative estimate of drug-likeness (QED) is 0.178. The van der Waals surface area contributed by atoms with Crippen LogP contribution in [0.3, 0.4) is 0 Å². The number of para-hydroxylation sites is 2. The molecule has 0 N–H and O–H groups in total. The lowest BCUT2D eigenvalue weighted by molar-refractivity contribution is 0.660. The predicted molar refractivity (Wildman–Crippen MR) is 247 cm³/mol. The van der Waals surface area contributed by atoms with Crippen LogP contribution in [0.5, 0.6) is 0 Å². The molecule has 0 unspecified atom stereocenters. The molecule has 0 saturated carbocycles. The minimum absolute atomic E-state index is 0.0953. The lowest BCUT2D eigenvalue weighted by Gasteiger charge is -2.21. The van der Waals surface area contributed by atoms with Crippen molar-refractivity contribution in [2.45, 2.75) is 19.3 Å². The number of nitrogens with zero attached hydrogens (tertiary/aromatic N) is 3. The second-order valence-electron chi connectivity index (χ2n) is 16.3. The van der Waals surface area contributed by atoms with Crippen LogP contribution in [0.25, 0.3) is 120 Å². The minimum atomic E-state index is -0.0953. The van der Waals surface area contributed by atoms with Crippen molar-refractivity contribution < 1.29 is 8.83 Å². The van der Waals surface area contributed by atoms with Gasteiger partial charge in [-0.2, -0.15) is 0 Å². The average Bonchev–Trinajstić information content (AvgIpc) is 4.04. The van der Waals surface area contributed by atoms with Crippen LogP contribution < -0.4 is 0 Å². The Bertz CT molecular complexity index is 3770. The molecule has 0 spiro atoms.